The molecule has 0 atom stereocenters. The van der Waals surface area contributed by atoms with Gasteiger partial charge in [0.2, 0.25) is 5.78 Å². The Balaban J connectivity index is 1.44. The number of carbonyl (C=O) groups excluding carboxylic acids is 1. The van der Waals surface area contributed by atoms with Crippen molar-refractivity contribution in [1.29, 1.82) is 0 Å². The molecular formula is C20H22N4OS. The summed E-state index contributed by atoms with van der Waals surface area (Å²) in [6.07, 6.45) is 5.58. The van der Waals surface area contributed by atoms with Crippen LogP contribution in [0.1, 0.15) is 34.6 Å². The first-order valence-electron chi connectivity index (χ1n) is 8.94. The number of piperidine rings is 1. The molecule has 1 saturated heterocycles. The van der Waals surface area contributed by atoms with Crippen molar-refractivity contribution < 1.29 is 4.79 Å². The van der Waals surface area contributed by atoms with Crippen molar-refractivity contribution in [2.24, 2.45) is 0 Å². The summed E-state index contributed by atoms with van der Waals surface area (Å²) >= 11 is 1.93. The van der Waals surface area contributed by atoms with Crippen LogP contribution >= 0.6 is 11.8 Å². The number of thioether (sulfide) groups is 1. The van der Waals surface area contributed by atoms with Gasteiger partial charge in [-0.15, -0.1) is 11.8 Å². The van der Waals surface area contributed by atoms with Crippen molar-refractivity contribution in [1.82, 2.24) is 19.3 Å². The largest absolute Gasteiger partial charge is 0.337 e. The molecule has 0 radical (unpaired) electrons. The second kappa shape index (κ2) is 7.11. The van der Waals surface area contributed by atoms with E-state index >= 15 is 0 Å². The second-order valence-electron chi connectivity index (χ2n) is 6.76. The van der Waals surface area contributed by atoms with E-state index in [1.165, 1.54) is 10.5 Å². The van der Waals surface area contributed by atoms with Gasteiger partial charge in [0.25, 0.3) is 5.91 Å². The molecule has 1 aromatic carbocycles. The van der Waals surface area contributed by atoms with Crippen LogP contribution in [0.15, 0.2) is 47.6 Å². The first kappa shape index (κ1) is 17.1. The number of benzene rings is 1. The lowest BCUT2D eigenvalue weighted by atomic mass is 10.1. The molecule has 0 saturated carbocycles. The summed E-state index contributed by atoms with van der Waals surface area (Å²) in [5.41, 5.74) is 2.67. The predicted octanol–water partition coefficient (Wildman–Crippen LogP) is 3.74. The maximum absolute atomic E-state index is 13.0. The molecule has 1 amide bonds. The molecule has 4 rings (SSSR count). The lowest BCUT2D eigenvalue weighted by Gasteiger charge is -2.31. The molecule has 3 heterocycles. The Morgan fingerprint density at radius 2 is 2.00 bits per heavy atom. The number of aryl methyl sites for hydroxylation is 2. The van der Waals surface area contributed by atoms with Crippen LogP contribution in [0.3, 0.4) is 0 Å². The number of carbonyl (C=O) groups is 1. The van der Waals surface area contributed by atoms with E-state index in [1.807, 2.05) is 35.8 Å². The third-order valence-electron chi connectivity index (χ3n) is 4.80. The van der Waals surface area contributed by atoms with Gasteiger partial charge in [0.05, 0.1) is 5.69 Å². The van der Waals surface area contributed by atoms with Gasteiger partial charge < -0.3 is 4.90 Å². The number of fused-ring (bicyclic) bond motifs is 1. The average molecular weight is 366 g/mol. The lowest BCUT2D eigenvalue weighted by molar-refractivity contribution is 0.0719. The van der Waals surface area contributed by atoms with Crippen LogP contribution in [-0.2, 0) is 0 Å². The smallest absolute Gasteiger partial charge is 0.272 e. The van der Waals surface area contributed by atoms with Gasteiger partial charge in [-0.05, 0) is 44.9 Å². The van der Waals surface area contributed by atoms with E-state index in [1.54, 1.807) is 10.6 Å². The summed E-state index contributed by atoms with van der Waals surface area (Å²) in [5, 5.41) is 0.561. The zero-order valence-corrected chi connectivity index (χ0v) is 15.9. The zero-order chi connectivity index (χ0) is 18.1. The molecule has 26 heavy (non-hydrogen) atoms. The van der Waals surface area contributed by atoms with Crippen molar-refractivity contribution in [2.75, 3.05) is 13.1 Å². The van der Waals surface area contributed by atoms with Gasteiger partial charge in [-0.3, -0.25) is 9.20 Å². The minimum absolute atomic E-state index is 0.0574. The van der Waals surface area contributed by atoms with Crippen molar-refractivity contribution in [3.63, 3.8) is 0 Å². The fourth-order valence-electron chi connectivity index (χ4n) is 3.46. The predicted molar refractivity (Wildman–Crippen MR) is 104 cm³/mol. The van der Waals surface area contributed by atoms with E-state index in [0.29, 0.717) is 16.7 Å². The van der Waals surface area contributed by atoms with Crippen LogP contribution in [0.2, 0.25) is 0 Å². The number of amides is 1. The maximum atomic E-state index is 13.0. The molecule has 1 aliphatic rings. The lowest BCUT2D eigenvalue weighted by Crippen LogP contribution is -2.40. The molecule has 0 aliphatic carbocycles. The Kier molecular flexibility index (Phi) is 4.68. The topological polar surface area (TPSA) is 50.5 Å². The number of rotatable bonds is 3. The van der Waals surface area contributed by atoms with Crippen molar-refractivity contribution in [3.8, 4) is 0 Å². The molecule has 2 aromatic heterocycles. The molecule has 0 bridgehead atoms. The Bertz CT molecular complexity index is 944. The molecule has 3 aromatic rings. The molecule has 5 nitrogen and oxygen atoms in total. The molecule has 6 heteroatoms. The first-order chi connectivity index (χ1) is 12.6. The highest BCUT2D eigenvalue weighted by Crippen LogP contribution is 2.31. The van der Waals surface area contributed by atoms with Crippen molar-refractivity contribution in [2.45, 2.75) is 36.8 Å². The fourth-order valence-corrected chi connectivity index (χ4v) is 4.71. The summed E-state index contributed by atoms with van der Waals surface area (Å²) in [4.78, 5) is 25.0. The van der Waals surface area contributed by atoms with Crippen LogP contribution < -0.4 is 0 Å². The highest BCUT2D eigenvalue weighted by molar-refractivity contribution is 8.00. The first-order valence-corrected chi connectivity index (χ1v) is 9.82. The summed E-state index contributed by atoms with van der Waals surface area (Å²) in [6.45, 7) is 5.57. The van der Waals surface area contributed by atoms with E-state index in [0.717, 1.165) is 31.6 Å². The number of aromatic nitrogens is 3. The van der Waals surface area contributed by atoms with E-state index in [-0.39, 0.29) is 5.91 Å². The van der Waals surface area contributed by atoms with E-state index < -0.39 is 0 Å². The molecule has 0 unspecified atom stereocenters. The minimum Gasteiger partial charge on any atom is -0.337 e. The highest BCUT2D eigenvalue weighted by Gasteiger charge is 2.27. The fraction of sp³-hybridized carbons (Fsp3) is 0.350. The van der Waals surface area contributed by atoms with E-state index in [2.05, 4.69) is 41.2 Å². The molecule has 1 aliphatic heterocycles. The van der Waals surface area contributed by atoms with Gasteiger partial charge in [0, 0.05) is 35.6 Å². The third-order valence-corrected chi connectivity index (χ3v) is 6.13. The Morgan fingerprint density at radius 3 is 2.77 bits per heavy atom. The van der Waals surface area contributed by atoms with Crippen molar-refractivity contribution >= 4 is 23.4 Å². The number of hydrogen-bond donors (Lipinski definition) is 0. The van der Waals surface area contributed by atoms with Crippen LogP contribution in [0.25, 0.3) is 5.78 Å². The average Bonchev–Trinajstić information content (AvgIpc) is 2.97. The Labute approximate surface area is 157 Å². The number of imidazole rings is 1. The van der Waals surface area contributed by atoms with Gasteiger partial charge in [-0.25, -0.2) is 9.97 Å². The van der Waals surface area contributed by atoms with E-state index in [4.69, 9.17) is 0 Å². The number of nitrogens with zero attached hydrogens (tertiary/aromatic N) is 4. The Morgan fingerprint density at radius 1 is 1.19 bits per heavy atom. The Hall–Kier alpha value is -2.34. The van der Waals surface area contributed by atoms with Gasteiger partial charge >= 0.3 is 0 Å². The normalized spacial score (nSPS) is 15.5. The van der Waals surface area contributed by atoms with Gasteiger partial charge in [-0.1, -0.05) is 17.7 Å². The molecule has 134 valence electrons. The summed E-state index contributed by atoms with van der Waals surface area (Å²) in [5.74, 6) is 0.639. The maximum Gasteiger partial charge on any atom is 0.272 e. The standard InChI is InChI=1S/C20H22N4OS/c1-14-5-3-6-17(13-14)26-16-7-11-23(12-8-16)19(25)18-15(2)22-20-21-9-4-10-24(18)20/h3-6,9-10,13,16H,7-8,11-12H2,1-2H3. The SMILES string of the molecule is Cc1cccc(SC2CCN(C(=O)c3c(C)nc4ncccn34)CC2)c1. The quantitative estimate of drug-likeness (QED) is 0.708. The summed E-state index contributed by atoms with van der Waals surface area (Å²) in [6, 6.07) is 10.5. The van der Waals surface area contributed by atoms with Crippen LogP contribution in [0, 0.1) is 13.8 Å². The van der Waals surface area contributed by atoms with Crippen LogP contribution in [0.5, 0.6) is 0 Å². The highest BCUT2D eigenvalue weighted by atomic mass is 32.2. The monoisotopic (exact) mass is 366 g/mol. The van der Waals surface area contributed by atoms with Crippen molar-refractivity contribution in [3.05, 3.63) is 59.7 Å². The van der Waals surface area contributed by atoms with Gasteiger partial charge in [0.1, 0.15) is 5.69 Å². The molecule has 0 N–H and O–H groups in total. The van der Waals surface area contributed by atoms with Crippen LogP contribution in [-0.4, -0.2) is 43.5 Å². The third kappa shape index (κ3) is 3.33. The van der Waals surface area contributed by atoms with Crippen LogP contribution in [0.4, 0.5) is 0 Å². The summed E-state index contributed by atoms with van der Waals surface area (Å²) in [7, 11) is 0. The number of hydrogen-bond acceptors (Lipinski definition) is 4. The molecule has 0 spiro atoms. The van der Waals surface area contributed by atoms with E-state index in [9.17, 15) is 4.79 Å². The summed E-state index contributed by atoms with van der Waals surface area (Å²) < 4.78 is 1.80. The number of likely N-dealkylation sites (tertiary alicyclic amines) is 1. The molecule has 1 fully saturated rings. The zero-order valence-electron chi connectivity index (χ0n) is 15.1. The second-order valence-corrected chi connectivity index (χ2v) is 8.14. The van der Waals surface area contributed by atoms with Gasteiger partial charge in [-0.2, -0.15) is 0 Å². The molecular weight excluding hydrogens is 344 g/mol. The van der Waals surface area contributed by atoms with Gasteiger partial charge in [0.15, 0.2) is 0 Å². The minimum atomic E-state index is 0.0574.